The minimum Gasteiger partial charge on any atom is -0.286 e. The third-order valence-electron chi connectivity index (χ3n) is 10.1. The number of allylic oxidation sites excluding steroid dienone is 1. The van der Waals surface area contributed by atoms with Crippen molar-refractivity contribution in [1.29, 1.82) is 0 Å². The van der Waals surface area contributed by atoms with Crippen LogP contribution >= 0.6 is 0 Å². The smallest absolute Gasteiger partial charge is 0.264 e. The van der Waals surface area contributed by atoms with Gasteiger partial charge in [0.1, 0.15) is 6.54 Å². The Morgan fingerprint density at radius 3 is 1.53 bits per heavy atom. The van der Waals surface area contributed by atoms with Gasteiger partial charge in [-0.1, -0.05) is 158 Å². The van der Waals surface area contributed by atoms with E-state index in [9.17, 15) is 13.0 Å². The molecule has 0 fully saturated rings. The molecule has 0 radical (unpaired) electrons. The van der Waals surface area contributed by atoms with Crippen molar-refractivity contribution in [3.05, 3.63) is 203 Å². The highest BCUT2D eigenvalue weighted by atomic mass is 32.2. The van der Waals surface area contributed by atoms with Crippen LogP contribution < -0.4 is 0 Å². The van der Waals surface area contributed by atoms with E-state index in [0.717, 1.165) is 33.7 Å². The number of benzene rings is 6. The Bertz CT molecular complexity index is 2350. The summed E-state index contributed by atoms with van der Waals surface area (Å²) < 4.78 is 34.1. The van der Waals surface area contributed by atoms with E-state index in [4.69, 9.17) is 0 Å². The second-order valence-corrected chi connectivity index (χ2v) is 15.6. The first-order valence-corrected chi connectivity index (χ1v) is 19.8. The summed E-state index contributed by atoms with van der Waals surface area (Å²) in [5, 5.41) is 0. The molecule has 0 bridgehead atoms. The number of unbranched alkanes of at least 4 members (excludes halogenated alkanes) is 1. The van der Waals surface area contributed by atoms with Crippen molar-refractivity contribution in [2.75, 3.05) is 12.3 Å². The van der Waals surface area contributed by atoms with Gasteiger partial charge in [0.25, 0.3) is 10.1 Å². The third kappa shape index (κ3) is 8.07. The summed E-state index contributed by atoms with van der Waals surface area (Å²) in [5.74, 6) is -0.223. The molecule has 0 aromatic heterocycles. The maximum Gasteiger partial charge on any atom is 0.264 e. The molecule has 0 unspecified atom stereocenters. The molecule has 0 saturated heterocycles. The lowest BCUT2D eigenvalue weighted by molar-refractivity contribution is -0.438. The predicted molar refractivity (Wildman–Crippen MR) is 220 cm³/mol. The molecule has 4 nitrogen and oxygen atoms in total. The highest BCUT2D eigenvalue weighted by Gasteiger charge is 2.43. The number of para-hydroxylation sites is 1. The van der Waals surface area contributed by atoms with Crippen molar-refractivity contribution in [3.63, 3.8) is 0 Å². The SMILES string of the molecule is CC1(C)C(/C=C/c2ccc(-c3ccc(C(=C(c4ccccc4)c4ccccc4)c4ccccc4)cc3)cc2)=[N+](CCCCS(=O)(=O)O)c2ccccc21. The van der Waals surface area contributed by atoms with Gasteiger partial charge in [0.2, 0.25) is 5.69 Å². The van der Waals surface area contributed by atoms with Crippen molar-refractivity contribution in [1.82, 2.24) is 0 Å². The van der Waals surface area contributed by atoms with Crippen molar-refractivity contribution < 1.29 is 17.5 Å². The second kappa shape index (κ2) is 15.5. The fourth-order valence-corrected chi connectivity index (χ4v) is 8.02. The summed E-state index contributed by atoms with van der Waals surface area (Å²) in [6.45, 7) is 5.14. The number of fused-ring (bicyclic) bond motifs is 1. The number of hydrogen-bond acceptors (Lipinski definition) is 2. The van der Waals surface area contributed by atoms with Crippen LogP contribution in [-0.2, 0) is 15.5 Å². The molecule has 1 aliphatic heterocycles. The zero-order chi connectivity index (χ0) is 36.8. The number of nitrogens with zero attached hydrogens (tertiary/aromatic N) is 1. The second-order valence-electron chi connectivity index (χ2n) is 14.1. The Morgan fingerprint density at radius 2 is 1.02 bits per heavy atom. The maximum atomic E-state index is 11.3. The van der Waals surface area contributed by atoms with Gasteiger partial charge in [0.15, 0.2) is 5.71 Å². The Labute approximate surface area is 313 Å². The summed E-state index contributed by atoms with van der Waals surface area (Å²) in [4.78, 5) is 0. The van der Waals surface area contributed by atoms with E-state index in [1.165, 1.54) is 33.4 Å². The molecule has 0 amide bonds. The number of hydrogen-bond donors (Lipinski definition) is 1. The fraction of sp³-hybridized carbons (Fsp3) is 0.146. The van der Waals surface area contributed by atoms with E-state index in [-0.39, 0.29) is 11.2 Å². The van der Waals surface area contributed by atoms with Crippen molar-refractivity contribution in [3.8, 4) is 11.1 Å². The largest absolute Gasteiger partial charge is 0.286 e. The van der Waals surface area contributed by atoms with Gasteiger partial charge in [-0.25, -0.2) is 0 Å². The van der Waals surface area contributed by atoms with Gasteiger partial charge in [-0.2, -0.15) is 13.0 Å². The molecule has 1 N–H and O–H groups in total. The molecule has 1 aliphatic rings. The van der Waals surface area contributed by atoms with E-state index >= 15 is 0 Å². The standard InChI is InChI=1S/C48H43NO3S/c1-48(2)43-22-12-13-23-44(43)49(34-14-15-35-53(50,51)52)45(48)33-26-36-24-27-37(28-25-36)38-29-31-42(32-30-38)47(41-20-10-5-11-21-41)46(39-16-6-3-7-17-39)40-18-8-4-9-19-40/h3-13,16-33H,14-15,34-35H2,1-2H3/p+1/b33-26+. The molecule has 0 atom stereocenters. The van der Waals surface area contributed by atoms with Crippen molar-refractivity contribution >= 4 is 38.7 Å². The predicted octanol–water partition coefficient (Wildman–Crippen LogP) is 11.1. The minimum atomic E-state index is -3.97. The van der Waals surface area contributed by atoms with E-state index < -0.39 is 10.1 Å². The zero-order valence-electron chi connectivity index (χ0n) is 30.2. The molecule has 0 aliphatic carbocycles. The quantitative estimate of drug-likeness (QED) is 0.0594. The lowest BCUT2D eigenvalue weighted by Gasteiger charge is -2.18. The zero-order valence-corrected chi connectivity index (χ0v) is 31.0. The molecular formula is C48H44NO3S+. The van der Waals surface area contributed by atoms with Crippen LogP contribution in [0.2, 0.25) is 0 Å². The van der Waals surface area contributed by atoms with Gasteiger partial charge in [0.05, 0.1) is 11.2 Å². The minimum absolute atomic E-state index is 0.216. The molecule has 264 valence electrons. The monoisotopic (exact) mass is 714 g/mol. The Hall–Kier alpha value is -5.62. The lowest BCUT2D eigenvalue weighted by Crippen LogP contribution is -2.28. The van der Waals surface area contributed by atoms with Crippen LogP contribution in [-0.4, -0.2) is 35.6 Å². The molecule has 0 saturated carbocycles. The van der Waals surface area contributed by atoms with Crippen LogP contribution in [0.5, 0.6) is 0 Å². The molecule has 53 heavy (non-hydrogen) atoms. The number of rotatable bonds is 12. The van der Waals surface area contributed by atoms with Gasteiger partial charge >= 0.3 is 0 Å². The van der Waals surface area contributed by atoms with Gasteiger partial charge in [0, 0.05) is 24.1 Å². The van der Waals surface area contributed by atoms with Crippen LogP contribution in [0.3, 0.4) is 0 Å². The maximum absolute atomic E-state index is 11.3. The van der Waals surface area contributed by atoms with Gasteiger partial charge in [-0.15, -0.1) is 0 Å². The van der Waals surface area contributed by atoms with Gasteiger partial charge in [-0.3, -0.25) is 4.55 Å². The fourth-order valence-electron chi connectivity index (χ4n) is 7.45. The summed E-state index contributed by atoms with van der Waals surface area (Å²) in [7, 11) is -3.97. The molecule has 6 aromatic carbocycles. The summed E-state index contributed by atoms with van der Waals surface area (Å²) in [6.07, 6.45) is 5.41. The molecule has 1 heterocycles. The first kappa shape index (κ1) is 35.8. The average Bonchev–Trinajstić information content (AvgIpc) is 3.40. The molecule has 6 aromatic rings. The van der Waals surface area contributed by atoms with Crippen molar-refractivity contribution in [2.45, 2.75) is 32.1 Å². The van der Waals surface area contributed by atoms with Crippen LogP contribution in [0, 0.1) is 0 Å². The highest BCUT2D eigenvalue weighted by molar-refractivity contribution is 7.85. The van der Waals surface area contributed by atoms with E-state index in [1.807, 2.05) is 6.07 Å². The van der Waals surface area contributed by atoms with Gasteiger partial charge < -0.3 is 0 Å². The topological polar surface area (TPSA) is 57.4 Å². The van der Waals surface area contributed by atoms with Crippen LogP contribution in [0.4, 0.5) is 5.69 Å². The van der Waals surface area contributed by atoms with Crippen LogP contribution in [0.1, 0.15) is 60.1 Å². The first-order chi connectivity index (χ1) is 25.7. The molecule has 5 heteroatoms. The normalized spacial score (nSPS) is 13.6. The van der Waals surface area contributed by atoms with E-state index in [2.05, 4.69) is 188 Å². The van der Waals surface area contributed by atoms with Gasteiger partial charge in [-0.05, 0) is 76.4 Å². The van der Waals surface area contributed by atoms with Crippen LogP contribution in [0.15, 0.2) is 170 Å². The van der Waals surface area contributed by atoms with Crippen LogP contribution in [0.25, 0.3) is 28.3 Å². The summed E-state index contributed by atoms with van der Waals surface area (Å²) in [6, 6.07) is 57.9. The Morgan fingerprint density at radius 1 is 0.566 bits per heavy atom. The van der Waals surface area contributed by atoms with E-state index in [1.54, 1.807) is 0 Å². The first-order valence-electron chi connectivity index (χ1n) is 18.2. The van der Waals surface area contributed by atoms with E-state index in [0.29, 0.717) is 19.4 Å². The highest BCUT2D eigenvalue weighted by Crippen LogP contribution is 2.41. The molecule has 7 rings (SSSR count). The molecular weight excluding hydrogens is 671 g/mol. The summed E-state index contributed by atoms with van der Waals surface area (Å²) >= 11 is 0. The van der Waals surface area contributed by atoms with Crippen molar-refractivity contribution in [2.24, 2.45) is 0 Å². The Kier molecular flexibility index (Phi) is 10.5. The average molecular weight is 715 g/mol. The third-order valence-corrected chi connectivity index (χ3v) is 10.9. The lowest BCUT2D eigenvalue weighted by atomic mass is 9.81. The summed E-state index contributed by atoms with van der Waals surface area (Å²) in [5.41, 5.74) is 13.8. The molecule has 0 spiro atoms. The Balaban J connectivity index is 1.18.